The molecular formula is C22H25BrN4O5S2. The van der Waals surface area contributed by atoms with E-state index >= 15 is 0 Å². The van der Waals surface area contributed by atoms with Crippen LogP contribution in [-0.4, -0.2) is 68.0 Å². The van der Waals surface area contributed by atoms with Crippen molar-refractivity contribution < 1.29 is 16.8 Å². The van der Waals surface area contributed by atoms with E-state index in [-0.39, 0.29) is 26.8 Å². The van der Waals surface area contributed by atoms with Crippen LogP contribution in [0.5, 0.6) is 0 Å². The summed E-state index contributed by atoms with van der Waals surface area (Å²) in [7, 11) is -5.42. The quantitative estimate of drug-likeness (QED) is 0.463. The summed E-state index contributed by atoms with van der Waals surface area (Å²) in [5, 5.41) is 0.242. The predicted molar refractivity (Wildman–Crippen MR) is 133 cm³/mol. The molecule has 1 atom stereocenters. The van der Waals surface area contributed by atoms with Gasteiger partial charge in [-0.3, -0.25) is 14.3 Å². The molecule has 34 heavy (non-hydrogen) atoms. The molecule has 1 aromatic heterocycles. The summed E-state index contributed by atoms with van der Waals surface area (Å²) in [6.45, 7) is 3.54. The first-order valence-electron chi connectivity index (χ1n) is 10.6. The fraction of sp³-hybridized carbons (Fsp3) is 0.364. The van der Waals surface area contributed by atoms with E-state index in [0.717, 1.165) is 10.7 Å². The van der Waals surface area contributed by atoms with Gasteiger partial charge in [0.1, 0.15) is 5.82 Å². The van der Waals surface area contributed by atoms with Gasteiger partial charge in [-0.2, -0.15) is 4.31 Å². The first kappa shape index (κ1) is 25.0. The van der Waals surface area contributed by atoms with E-state index in [0.29, 0.717) is 37.5 Å². The largest absolute Gasteiger partial charge is 0.298 e. The number of sulfone groups is 1. The molecular weight excluding hydrogens is 544 g/mol. The Kier molecular flexibility index (Phi) is 6.73. The Morgan fingerprint density at radius 3 is 2.12 bits per heavy atom. The zero-order valence-electron chi connectivity index (χ0n) is 19.0. The average Bonchev–Trinajstić information content (AvgIpc) is 2.80. The van der Waals surface area contributed by atoms with Gasteiger partial charge in [0.2, 0.25) is 10.0 Å². The summed E-state index contributed by atoms with van der Waals surface area (Å²) in [4.78, 5) is 20.1. The molecule has 2 aromatic carbocycles. The smallest absolute Gasteiger partial charge is 0.261 e. The molecule has 12 heteroatoms. The Labute approximate surface area is 207 Å². The second kappa shape index (κ2) is 9.15. The number of piperazine rings is 1. The van der Waals surface area contributed by atoms with Gasteiger partial charge in [-0.05, 0) is 49.4 Å². The first-order valence-corrected chi connectivity index (χ1v) is 14.7. The van der Waals surface area contributed by atoms with Crippen molar-refractivity contribution in [1.82, 2.24) is 18.8 Å². The number of halogens is 1. The van der Waals surface area contributed by atoms with E-state index in [4.69, 9.17) is 0 Å². The Bertz CT molecular complexity index is 1510. The molecule has 0 amide bonds. The number of fused-ring (bicyclic) bond motifs is 1. The van der Waals surface area contributed by atoms with Crippen molar-refractivity contribution in [3.63, 3.8) is 0 Å². The normalized spacial score (nSPS) is 17.2. The predicted octanol–water partition coefficient (Wildman–Crippen LogP) is 2.17. The van der Waals surface area contributed by atoms with Crippen LogP contribution in [0.15, 0.2) is 61.5 Å². The van der Waals surface area contributed by atoms with Gasteiger partial charge in [0, 0.05) is 44.0 Å². The van der Waals surface area contributed by atoms with Crippen LogP contribution in [0.1, 0.15) is 18.8 Å². The minimum Gasteiger partial charge on any atom is -0.298 e. The fourth-order valence-electron chi connectivity index (χ4n) is 4.12. The van der Waals surface area contributed by atoms with Gasteiger partial charge in [-0.1, -0.05) is 15.9 Å². The molecule has 0 radical (unpaired) electrons. The molecule has 9 nitrogen and oxygen atoms in total. The zero-order valence-corrected chi connectivity index (χ0v) is 22.2. The maximum absolute atomic E-state index is 13.0. The number of rotatable bonds is 5. The van der Waals surface area contributed by atoms with Crippen molar-refractivity contribution in [1.29, 1.82) is 0 Å². The molecule has 0 saturated carbocycles. The minimum absolute atomic E-state index is 0.0720. The summed E-state index contributed by atoms with van der Waals surface area (Å²) < 4.78 is 53.4. The highest BCUT2D eigenvalue weighted by molar-refractivity contribution is 9.10. The van der Waals surface area contributed by atoms with E-state index in [2.05, 4.69) is 25.8 Å². The van der Waals surface area contributed by atoms with Gasteiger partial charge >= 0.3 is 0 Å². The molecule has 182 valence electrons. The van der Waals surface area contributed by atoms with Crippen molar-refractivity contribution in [2.75, 3.05) is 32.4 Å². The SMILES string of the molecule is CC(c1nc2ccc(S(C)(=O)=O)cc2c(=O)n1C)N1CCN(S(=O)(=O)c2ccc(Br)cc2)CC1. The third-order valence-electron chi connectivity index (χ3n) is 6.16. The molecule has 1 unspecified atom stereocenters. The Morgan fingerprint density at radius 2 is 1.53 bits per heavy atom. The lowest BCUT2D eigenvalue weighted by Gasteiger charge is -2.37. The van der Waals surface area contributed by atoms with E-state index in [1.54, 1.807) is 37.4 Å². The summed E-state index contributed by atoms with van der Waals surface area (Å²) in [5.41, 5.74) is 0.0996. The number of nitrogens with zero attached hydrogens (tertiary/aromatic N) is 4. The molecule has 1 saturated heterocycles. The van der Waals surface area contributed by atoms with Crippen LogP contribution in [0.4, 0.5) is 0 Å². The Morgan fingerprint density at radius 1 is 0.941 bits per heavy atom. The number of benzene rings is 2. The minimum atomic E-state index is -3.59. The highest BCUT2D eigenvalue weighted by atomic mass is 79.9. The van der Waals surface area contributed by atoms with Crippen LogP contribution in [0.2, 0.25) is 0 Å². The molecule has 4 rings (SSSR count). The summed E-state index contributed by atoms with van der Waals surface area (Å²) in [5.74, 6) is 0.536. The molecule has 3 aromatic rings. The van der Waals surface area contributed by atoms with Gasteiger partial charge in [0.15, 0.2) is 9.84 Å². The Hall–Kier alpha value is -2.12. The van der Waals surface area contributed by atoms with Gasteiger partial charge in [0.25, 0.3) is 5.56 Å². The van der Waals surface area contributed by atoms with Crippen molar-refractivity contribution >= 4 is 46.7 Å². The zero-order chi connectivity index (χ0) is 24.8. The number of hydrogen-bond acceptors (Lipinski definition) is 7. The molecule has 1 aliphatic heterocycles. The van der Waals surface area contributed by atoms with E-state index in [1.807, 2.05) is 6.92 Å². The van der Waals surface area contributed by atoms with Crippen LogP contribution in [-0.2, 0) is 26.9 Å². The topological polar surface area (TPSA) is 110 Å². The Balaban J connectivity index is 1.56. The number of aromatic nitrogens is 2. The first-order chi connectivity index (χ1) is 15.9. The molecule has 1 aliphatic rings. The molecule has 0 spiro atoms. The molecule has 1 fully saturated rings. The summed E-state index contributed by atoms with van der Waals surface area (Å²) in [6.07, 6.45) is 1.10. The molecule has 0 N–H and O–H groups in total. The van der Waals surface area contributed by atoms with Crippen molar-refractivity contribution in [2.45, 2.75) is 22.8 Å². The van der Waals surface area contributed by atoms with E-state index in [1.165, 1.54) is 21.0 Å². The van der Waals surface area contributed by atoms with Crippen molar-refractivity contribution in [3.05, 3.63) is 63.1 Å². The van der Waals surface area contributed by atoms with Gasteiger partial charge in [0.05, 0.1) is 26.7 Å². The maximum atomic E-state index is 13.0. The summed E-state index contributed by atoms with van der Waals surface area (Å²) >= 11 is 3.32. The second-order valence-electron chi connectivity index (χ2n) is 8.36. The van der Waals surface area contributed by atoms with Gasteiger partial charge in [-0.25, -0.2) is 21.8 Å². The molecule has 2 heterocycles. The van der Waals surface area contributed by atoms with Crippen LogP contribution in [0.25, 0.3) is 10.9 Å². The lowest BCUT2D eigenvalue weighted by atomic mass is 10.2. The van der Waals surface area contributed by atoms with E-state index < -0.39 is 19.9 Å². The number of sulfonamides is 1. The second-order valence-corrected chi connectivity index (χ2v) is 13.2. The lowest BCUT2D eigenvalue weighted by Crippen LogP contribution is -2.49. The average molecular weight is 570 g/mol. The molecule has 0 bridgehead atoms. The summed E-state index contributed by atoms with van der Waals surface area (Å²) in [6, 6.07) is 10.7. The maximum Gasteiger partial charge on any atom is 0.261 e. The third-order valence-corrected chi connectivity index (χ3v) is 9.71. The fourth-order valence-corrected chi connectivity index (χ4v) is 6.46. The van der Waals surface area contributed by atoms with Gasteiger partial charge < -0.3 is 0 Å². The van der Waals surface area contributed by atoms with Crippen LogP contribution >= 0.6 is 15.9 Å². The highest BCUT2D eigenvalue weighted by Crippen LogP contribution is 2.25. The van der Waals surface area contributed by atoms with Crippen molar-refractivity contribution in [3.8, 4) is 0 Å². The van der Waals surface area contributed by atoms with Crippen LogP contribution < -0.4 is 5.56 Å². The van der Waals surface area contributed by atoms with Crippen LogP contribution in [0.3, 0.4) is 0 Å². The molecule has 0 aliphatic carbocycles. The van der Waals surface area contributed by atoms with E-state index in [9.17, 15) is 21.6 Å². The monoisotopic (exact) mass is 568 g/mol. The third kappa shape index (κ3) is 4.69. The highest BCUT2D eigenvalue weighted by Gasteiger charge is 2.31. The van der Waals surface area contributed by atoms with Gasteiger partial charge in [-0.15, -0.1) is 0 Å². The lowest BCUT2D eigenvalue weighted by molar-refractivity contribution is 0.139. The van der Waals surface area contributed by atoms with Crippen LogP contribution in [0, 0.1) is 0 Å². The standard InChI is InChI=1S/C22H25BrN4O5S2/c1-15(21-24-20-9-8-18(33(3,29)30)14-19(20)22(28)25(21)2)26-10-12-27(13-11-26)34(31,32)17-6-4-16(23)5-7-17/h4-9,14-15H,10-13H2,1-3H3. The number of hydrogen-bond donors (Lipinski definition) is 0. The van der Waals surface area contributed by atoms with Crippen molar-refractivity contribution in [2.24, 2.45) is 7.05 Å².